The Kier molecular flexibility index (Phi) is 6.25. The molecule has 0 unspecified atom stereocenters. The quantitative estimate of drug-likeness (QED) is 0.178. The summed E-state index contributed by atoms with van der Waals surface area (Å²) in [7, 11) is 0. The number of hydrogen-bond donors (Lipinski definition) is 0. The van der Waals surface area contributed by atoms with E-state index in [1.165, 1.54) is 82.2 Å². The highest BCUT2D eigenvalue weighted by molar-refractivity contribution is 6.23. The molecule has 0 atom stereocenters. The number of fused-ring (bicyclic) bond motifs is 7. The molecule has 49 heavy (non-hydrogen) atoms. The predicted molar refractivity (Wildman–Crippen MR) is 208 cm³/mol. The van der Waals surface area contributed by atoms with E-state index in [1.807, 2.05) is 0 Å². The third-order valence-electron chi connectivity index (χ3n) is 10.1. The highest BCUT2D eigenvalue weighted by atomic mass is 16.3. The fraction of sp³-hybridized carbons (Fsp3) is 0. The molecule has 0 N–H and O–H groups in total. The Morgan fingerprint density at radius 2 is 0.755 bits per heavy atom. The molecule has 0 amide bonds. The number of furan rings is 1. The van der Waals surface area contributed by atoms with Gasteiger partial charge in [-0.3, -0.25) is 0 Å². The van der Waals surface area contributed by atoms with E-state index in [4.69, 9.17) is 4.42 Å². The zero-order valence-electron chi connectivity index (χ0n) is 26.7. The first-order chi connectivity index (χ1) is 24.3. The topological polar surface area (TPSA) is 13.1 Å². The lowest BCUT2D eigenvalue weighted by Gasteiger charge is -2.18. The summed E-state index contributed by atoms with van der Waals surface area (Å²) >= 11 is 0. The summed E-state index contributed by atoms with van der Waals surface area (Å²) in [6, 6.07) is 65.7. The Balaban J connectivity index is 1.18. The highest BCUT2D eigenvalue weighted by Gasteiger charge is 2.19. The van der Waals surface area contributed by atoms with Crippen LogP contribution in [0.2, 0.25) is 0 Å². The van der Waals surface area contributed by atoms with Crippen molar-refractivity contribution < 1.29 is 4.42 Å². The fourth-order valence-electron chi connectivity index (χ4n) is 7.87. The minimum Gasteiger partial charge on any atom is -0.456 e. The minimum atomic E-state index is 0.911. The number of rotatable bonds is 4. The second-order valence-electron chi connectivity index (χ2n) is 12.8. The first-order valence-corrected chi connectivity index (χ1v) is 16.8. The van der Waals surface area contributed by atoms with Crippen molar-refractivity contribution >= 4 is 54.3 Å². The molecule has 0 saturated heterocycles. The molecule has 1 heterocycles. The van der Waals surface area contributed by atoms with Gasteiger partial charge < -0.3 is 4.42 Å². The number of benzene rings is 9. The summed E-state index contributed by atoms with van der Waals surface area (Å²) in [5, 5.41) is 9.74. The molecular weight excluding hydrogens is 593 g/mol. The average molecular weight is 623 g/mol. The van der Waals surface area contributed by atoms with E-state index in [2.05, 4.69) is 182 Å². The van der Waals surface area contributed by atoms with Gasteiger partial charge in [-0.05, 0) is 95.0 Å². The van der Waals surface area contributed by atoms with Gasteiger partial charge in [-0.25, -0.2) is 0 Å². The van der Waals surface area contributed by atoms with E-state index in [0.29, 0.717) is 0 Å². The maximum atomic E-state index is 6.38. The van der Waals surface area contributed by atoms with Crippen LogP contribution in [0.15, 0.2) is 186 Å². The molecule has 0 aliphatic heterocycles. The van der Waals surface area contributed by atoms with Crippen LogP contribution in [0, 0.1) is 0 Å². The van der Waals surface area contributed by atoms with E-state index in [1.54, 1.807) is 0 Å². The second-order valence-corrected chi connectivity index (χ2v) is 12.8. The molecule has 0 bridgehead atoms. The molecule has 10 rings (SSSR count). The van der Waals surface area contributed by atoms with Crippen molar-refractivity contribution in [1.82, 2.24) is 0 Å². The average Bonchev–Trinajstić information content (AvgIpc) is 3.56. The molecule has 10 aromatic rings. The summed E-state index contributed by atoms with van der Waals surface area (Å²) in [4.78, 5) is 0. The molecule has 1 aromatic heterocycles. The van der Waals surface area contributed by atoms with Crippen LogP contribution in [0.1, 0.15) is 0 Å². The van der Waals surface area contributed by atoms with Gasteiger partial charge in [0.25, 0.3) is 0 Å². The Morgan fingerprint density at radius 1 is 0.286 bits per heavy atom. The standard InChI is InChI=1S/C48H30O/c1-2-12-31(13-3-1)36-15-6-7-16-37(36)33-22-24-34(25-23-33)46-39-18-8-10-20-41(39)47(42-21-11-9-19-40(42)46)35-27-28-44-43(30-35)48-38-17-5-4-14-32(38)26-29-45(48)49-44/h1-30H. The van der Waals surface area contributed by atoms with Gasteiger partial charge in [0.05, 0.1) is 0 Å². The van der Waals surface area contributed by atoms with Gasteiger partial charge in [-0.15, -0.1) is 0 Å². The normalized spacial score (nSPS) is 11.7. The van der Waals surface area contributed by atoms with Crippen LogP contribution in [0.5, 0.6) is 0 Å². The van der Waals surface area contributed by atoms with Crippen molar-refractivity contribution in [2.75, 3.05) is 0 Å². The Labute approximate surface area is 284 Å². The van der Waals surface area contributed by atoms with Gasteiger partial charge in [0.2, 0.25) is 0 Å². The number of hydrogen-bond acceptors (Lipinski definition) is 1. The molecule has 0 radical (unpaired) electrons. The SMILES string of the molecule is c1ccc(-c2ccccc2-c2ccc(-c3c4ccccc4c(-c4ccc5oc6ccc7ccccc7c6c5c4)c4ccccc34)cc2)cc1. The zero-order valence-corrected chi connectivity index (χ0v) is 26.7. The molecule has 0 fully saturated rings. The van der Waals surface area contributed by atoms with Gasteiger partial charge in [-0.1, -0.05) is 164 Å². The van der Waals surface area contributed by atoms with Gasteiger partial charge >= 0.3 is 0 Å². The van der Waals surface area contributed by atoms with Crippen molar-refractivity contribution in [3.05, 3.63) is 182 Å². The van der Waals surface area contributed by atoms with Crippen LogP contribution in [0.25, 0.3) is 98.8 Å². The molecule has 9 aromatic carbocycles. The summed E-state index contributed by atoms with van der Waals surface area (Å²) in [5.74, 6) is 0. The third kappa shape index (κ3) is 4.40. The lowest BCUT2D eigenvalue weighted by atomic mass is 9.85. The second kappa shape index (κ2) is 11.1. The van der Waals surface area contributed by atoms with Crippen molar-refractivity contribution in [3.63, 3.8) is 0 Å². The van der Waals surface area contributed by atoms with E-state index < -0.39 is 0 Å². The van der Waals surface area contributed by atoms with E-state index in [9.17, 15) is 0 Å². The Morgan fingerprint density at radius 3 is 1.41 bits per heavy atom. The maximum Gasteiger partial charge on any atom is 0.136 e. The lowest BCUT2D eigenvalue weighted by Crippen LogP contribution is -1.91. The van der Waals surface area contributed by atoms with Crippen molar-refractivity contribution in [2.24, 2.45) is 0 Å². The van der Waals surface area contributed by atoms with Crippen LogP contribution in [-0.2, 0) is 0 Å². The Bertz CT molecular complexity index is 2800. The van der Waals surface area contributed by atoms with Crippen molar-refractivity contribution in [1.29, 1.82) is 0 Å². The van der Waals surface area contributed by atoms with Crippen LogP contribution in [-0.4, -0.2) is 0 Å². The molecular formula is C48H30O. The van der Waals surface area contributed by atoms with Crippen molar-refractivity contribution in [3.8, 4) is 44.5 Å². The smallest absolute Gasteiger partial charge is 0.136 e. The van der Waals surface area contributed by atoms with Gasteiger partial charge in [0.1, 0.15) is 11.2 Å². The maximum absolute atomic E-state index is 6.38. The predicted octanol–water partition coefficient (Wildman–Crippen LogP) is 13.7. The molecule has 1 heteroatoms. The van der Waals surface area contributed by atoms with Gasteiger partial charge in [0.15, 0.2) is 0 Å². The zero-order chi connectivity index (χ0) is 32.3. The monoisotopic (exact) mass is 622 g/mol. The summed E-state index contributed by atoms with van der Waals surface area (Å²) < 4.78 is 6.38. The summed E-state index contributed by atoms with van der Waals surface area (Å²) in [5.41, 5.74) is 11.7. The molecule has 1 nitrogen and oxygen atoms in total. The van der Waals surface area contributed by atoms with Crippen LogP contribution >= 0.6 is 0 Å². The molecule has 228 valence electrons. The van der Waals surface area contributed by atoms with Gasteiger partial charge in [-0.2, -0.15) is 0 Å². The highest BCUT2D eigenvalue weighted by Crippen LogP contribution is 2.45. The van der Waals surface area contributed by atoms with Crippen molar-refractivity contribution in [2.45, 2.75) is 0 Å². The minimum absolute atomic E-state index is 0.911. The molecule has 0 aliphatic rings. The Hall–Kier alpha value is -6.44. The first kappa shape index (κ1) is 27.7. The first-order valence-electron chi connectivity index (χ1n) is 16.8. The fourth-order valence-corrected chi connectivity index (χ4v) is 7.87. The van der Waals surface area contributed by atoms with E-state index in [0.717, 1.165) is 16.6 Å². The van der Waals surface area contributed by atoms with Gasteiger partial charge in [0, 0.05) is 10.8 Å². The molecule has 0 saturated carbocycles. The summed E-state index contributed by atoms with van der Waals surface area (Å²) in [6.07, 6.45) is 0. The third-order valence-corrected chi connectivity index (χ3v) is 10.1. The van der Waals surface area contributed by atoms with Crippen LogP contribution in [0.4, 0.5) is 0 Å². The van der Waals surface area contributed by atoms with E-state index >= 15 is 0 Å². The van der Waals surface area contributed by atoms with E-state index in [-0.39, 0.29) is 0 Å². The largest absolute Gasteiger partial charge is 0.456 e. The van der Waals surface area contributed by atoms with Crippen LogP contribution < -0.4 is 0 Å². The lowest BCUT2D eigenvalue weighted by molar-refractivity contribution is 0.669. The molecule has 0 spiro atoms. The summed E-state index contributed by atoms with van der Waals surface area (Å²) in [6.45, 7) is 0. The van der Waals surface area contributed by atoms with Crippen LogP contribution in [0.3, 0.4) is 0 Å². The molecule has 0 aliphatic carbocycles.